The summed E-state index contributed by atoms with van der Waals surface area (Å²) < 4.78 is 0. The summed E-state index contributed by atoms with van der Waals surface area (Å²) >= 11 is 0. The Morgan fingerprint density at radius 1 is 1.14 bits per heavy atom. The second-order valence-electron chi connectivity index (χ2n) is 2.73. The Morgan fingerprint density at radius 2 is 1.79 bits per heavy atom. The molecule has 0 atom stereocenters. The zero-order valence-corrected chi connectivity index (χ0v) is 7.51. The summed E-state index contributed by atoms with van der Waals surface area (Å²) in [7, 11) is 0. The van der Waals surface area contributed by atoms with Crippen molar-refractivity contribution >= 4 is 17.6 Å². The Morgan fingerprint density at radius 3 is 2.36 bits per heavy atom. The second-order valence-corrected chi connectivity index (χ2v) is 2.73. The number of rotatable bonds is 4. The molecule has 0 saturated carbocycles. The molecule has 4 nitrogen and oxygen atoms in total. The summed E-state index contributed by atoms with van der Waals surface area (Å²) in [5.74, 6) is -1.39. The van der Waals surface area contributed by atoms with Gasteiger partial charge in [-0.1, -0.05) is 18.2 Å². The number of para-hydroxylation sites is 1. The minimum Gasteiger partial charge on any atom is -0.481 e. The van der Waals surface area contributed by atoms with Gasteiger partial charge in [0.2, 0.25) is 5.91 Å². The Kier molecular flexibility index (Phi) is 3.67. The smallest absolute Gasteiger partial charge is 0.303 e. The van der Waals surface area contributed by atoms with Crippen LogP contribution in [0, 0.1) is 0 Å². The first kappa shape index (κ1) is 10.2. The van der Waals surface area contributed by atoms with Crippen molar-refractivity contribution in [1.82, 2.24) is 5.32 Å². The lowest BCUT2D eigenvalue weighted by Gasteiger charge is -1.99. The van der Waals surface area contributed by atoms with Crippen LogP contribution in [-0.2, 0) is 9.59 Å². The molecule has 73 valence electrons. The number of carboxylic acid groups (broad SMARTS) is 1. The lowest BCUT2D eigenvalue weighted by Crippen LogP contribution is -2.11. The van der Waals surface area contributed by atoms with E-state index in [2.05, 4.69) is 5.32 Å². The highest BCUT2D eigenvalue weighted by Gasteiger charge is 2.06. The minimum absolute atomic E-state index is 0.0514. The van der Waals surface area contributed by atoms with Crippen molar-refractivity contribution in [3.05, 3.63) is 30.3 Å². The van der Waals surface area contributed by atoms with Gasteiger partial charge >= 0.3 is 5.97 Å². The fourth-order valence-electron chi connectivity index (χ4n) is 0.916. The summed E-state index contributed by atoms with van der Waals surface area (Å²) in [5.41, 5.74) is 0.558. The van der Waals surface area contributed by atoms with Gasteiger partial charge in [-0.25, -0.2) is 5.32 Å². The number of carbonyl (C=O) groups is 2. The van der Waals surface area contributed by atoms with Gasteiger partial charge in [0.25, 0.3) is 0 Å². The normalized spacial score (nSPS) is 9.43. The molecule has 0 heterocycles. The zero-order chi connectivity index (χ0) is 10.4. The van der Waals surface area contributed by atoms with E-state index in [1.54, 1.807) is 24.3 Å². The Hall–Kier alpha value is -1.84. The fraction of sp³-hybridized carbons (Fsp3) is 0.200. The summed E-state index contributed by atoms with van der Waals surface area (Å²) in [6.45, 7) is 0. The number of nitrogens with zero attached hydrogens (tertiary/aromatic N) is 1. The first-order valence-corrected chi connectivity index (χ1v) is 4.20. The van der Waals surface area contributed by atoms with Crippen LogP contribution in [0.3, 0.4) is 0 Å². The molecule has 1 amide bonds. The Balaban J connectivity index is 2.38. The van der Waals surface area contributed by atoms with E-state index >= 15 is 0 Å². The molecule has 0 aliphatic heterocycles. The Labute approximate surface area is 81.6 Å². The fourth-order valence-corrected chi connectivity index (χ4v) is 0.916. The van der Waals surface area contributed by atoms with Crippen LogP contribution in [0.25, 0.3) is 0 Å². The third-order valence-corrected chi connectivity index (χ3v) is 1.56. The molecule has 1 N–H and O–H groups in total. The van der Waals surface area contributed by atoms with Crippen LogP contribution in [0.1, 0.15) is 12.8 Å². The van der Waals surface area contributed by atoms with Gasteiger partial charge in [-0.15, -0.1) is 0 Å². The number of carboxylic acids is 1. The van der Waals surface area contributed by atoms with Gasteiger partial charge in [-0.05, 0) is 12.1 Å². The molecule has 0 fully saturated rings. The summed E-state index contributed by atoms with van der Waals surface area (Å²) in [4.78, 5) is 21.2. The monoisotopic (exact) mass is 192 g/mol. The number of aliphatic carboxylic acids is 1. The van der Waals surface area contributed by atoms with Gasteiger partial charge in [-0.3, -0.25) is 9.59 Å². The van der Waals surface area contributed by atoms with Crippen LogP contribution < -0.4 is 5.32 Å². The van der Waals surface area contributed by atoms with E-state index in [-0.39, 0.29) is 12.8 Å². The van der Waals surface area contributed by atoms with Crippen LogP contribution in [0.5, 0.6) is 0 Å². The van der Waals surface area contributed by atoms with E-state index in [1.165, 1.54) is 0 Å². The molecular weight excluding hydrogens is 182 g/mol. The molecule has 0 saturated heterocycles. The minimum atomic E-state index is -0.985. The molecule has 0 unspecified atom stereocenters. The highest BCUT2D eigenvalue weighted by Crippen LogP contribution is 2.06. The van der Waals surface area contributed by atoms with Crippen LogP contribution >= 0.6 is 0 Å². The van der Waals surface area contributed by atoms with Crippen molar-refractivity contribution in [2.45, 2.75) is 12.8 Å². The molecule has 4 heteroatoms. The van der Waals surface area contributed by atoms with Crippen LogP contribution in [-0.4, -0.2) is 17.0 Å². The molecule has 0 aromatic heterocycles. The van der Waals surface area contributed by atoms with Gasteiger partial charge in [0.05, 0.1) is 12.1 Å². The van der Waals surface area contributed by atoms with Crippen molar-refractivity contribution < 1.29 is 14.7 Å². The van der Waals surface area contributed by atoms with Gasteiger partial charge in [0.1, 0.15) is 0 Å². The highest BCUT2D eigenvalue weighted by atomic mass is 16.4. The highest BCUT2D eigenvalue weighted by molar-refractivity contribution is 5.83. The lowest BCUT2D eigenvalue weighted by atomic mass is 10.2. The molecule has 0 aliphatic carbocycles. The lowest BCUT2D eigenvalue weighted by molar-refractivity contribution is -0.138. The van der Waals surface area contributed by atoms with Crippen molar-refractivity contribution in [2.24, 2.45) is 0 Å². The van der Waals surface area contributed by atoms with E-state index in [0.29, 0.717) is 5.69 Å². The zero-order valence-electron chi connectivity index (χ0n) is 7.51. The predicted octanol–water partition coefficient (Wildman–Crippen LogP) is 1.31. The molecule has 0 bridgehead atoms. The van der Waals surface area contributed by atoms with Crippen molar-refractivity contribution in [2.75, 3.05) is 0 Å². The Bertz CT molecular complexity index is 321. The largest absolute Gasteiger partial charge is 0.481 e. The molecule has 0 aliphatic rings. The first-order chi connectivity index (χ1) is 6.68. The van der Waals surface area contributed by atoms with Crippen LogP contribution in [0.15, 0.2) is 30.3 Å². The molecule has 14 heavy (non-hydrogen) atoms. The number of amides is 1. The third-order valence-electron chi connectivity index (χ3n) is 1.56. The standard InChI is InChI=1S/C10H10NO3/c12-9(6-7-10(13)14)11-8-4-2-1-3-5-8/h1-5H,6-7H2,(H,13,14). The maximum Gasteiger partial charge on any atom is 0.303 e. The predicted molar refractivity (Wildman–Crippen MR) is 50.1 cm³/mol. The molecule has 1 rings (SSSR count). The van der Waals surface area contributed by atoms with Crippen molar-refractivity contribution in [1.29, 1.82) is 0 Å². The average Bonchev–Trinajstić information content (AvgIpc) is 2.16. The van der Waals surface area contributed by atoms with E-state index in [1.807, 2.05) is 6.07 Å². The molecule has 1 radical (unpaired) electrons. The van der Waals surface area contributed by atoms with E-state index in [9.17, 15) is 9.59 Å². The van der Waals surface area contributed by atoms with Gasteiger partial charge < -0.3 is 5.11 Å². The van der Waals surface area contributed by atoms with Crippen LogP contribution in [0.2, 0.25) is 0 Å². The number of benzene rings is 1. The van der Waals surface area contributed by atoms with Gasteiger partial charge in [0.15, 0.2) is 0 Å². The van der Waals surface area contributed by atoms with E-state index in [0.717, 1.165) is 0 Å². The van der Waals surface area contributed by atoms with Crippen molar-refractivity contribution in [3.63, 3.8) is 0 Å². The maximum absolute atomic E-state index is 11.1. The number of carbonyl (C=O) groups excluding carboxylic acids is 1. The average molecular weight is 192 g/mol. The SMILES string of the molecule is O=C(O)CCC(=O)[N]c1ccccc1. The van der Waals surface area contributed by atoms with Gasteiger partial charge in [-0.2, -0.15) is 0 Å². The number of hydrogen-bond acceptors (Lipinski definition) is 2. The second kappa shape index (κ2) is 5.01. The van der Waals surface area contributed by atoms with E-state index < -0.39 is 11.9 Å². The molecule has 1 aromatic carbocycles. The summed E-state index contributed by atoms with van der Waals surface area (Å²) in [6.07, 6.45) is -0.223. The molecule has 0 spiro atoms. The maximum atomic E-state index is 11.1. The summed E-state index contributed by atoms with van der Waals surface area (Å²) in [6, 6.07) is 8.74. The number of hydrogen-bond donors (Lipinski definition) is 1. The van der Waals surface area contributed by atoms with Gasteiger partial charge in [0, 0.05) is 6.42 Å². The van der Waals surface area contributed by atoms with Crippen molar-refractivity contribution in [3.8, 4) is 0 Å². The molecular formula is C10H10NO3. The third kappa shape index (κ3) is 3.71. The topological polar surface area (TPSA) is 68.5 Å². The first-order valence-electron chi connectivity index (χ1n) is 4.20. The van der Waals surface area contributed by atoms with E-state index in [4.69, 9.17) is 5.11 Å². The quantitative estimate of drug-likeness (QED) is 0.782. The van der Waals surface area contributed by atoms with Crippen LogP contribution in [0.4, 0.5) is 5.69 Å². The summed E-state index contributed by atoms with van der Waals surface area (Å²) in [5, 5.41) is 12.1. The molecule has 1 aromatic rings.